The predicted molar refractivity (Wildman–Crippen MR) is 107 cm³/mol. The molecule has 2 aromatic heterocycles. The third-order valence-electron chi connectivity index (χ3n) is 5.14. The summed E-state index contributed by atoms with van der Waals surface area (Å²) in [5.74, 6) is 2.17. The molecule has 146 valence electrons. The topological polar surface area (TPSA) is 66.3 Å². The number of nitrogens with one attached hydrogen (secondary N) is 1. The Morgan fingerprint density at radius 1 is 1.15 bits per heavy atom. The normalized spacial score (nSPS) is 16.6. The van der Waals surface area contributed by atoms with E-state index in [0.717, 1.165) is 43.4 Å². The van der Waals surface area contributed by atoms with E-state index < -0.39 is 0 Å². The van der Waals surface area contributed by atoms with Gasteiger partial charge in [0.25, 0.3) is 0 Å². The number of pyridine rings is 1. The van der Waals surface area contributed by atoms with E-state index in [-0.39, 0.29) is 17.9 Å². The van der Waals surface area contributed by atoms with Gasteiger partial charge in [-0.05, 0) is 20.0 Å². The van der Waals surface area contributed by atoms with E-state index in [1.54, 1.807) is 6.20 Å². The third-order valence-corrected chi connectivity index (χ3v) is 5.14. The Kier molecular flexibility index (Phi) is 6.11. The Hall–Kier alpha value is -2.41. The van der Waals surface area contributed by atoms with Crippen molar-refractivity contribution in [2.45, 2.75) is 39.3 Å². The molecule has 3 heterocycles. The molecular formula is C20H30N6O. The lowest BCUT2D eigenvalue weighted by atomic mass is 10.2. The lowest BCUT2D eigenvalue weighted by Gasteiger charge is -2.34. The maximum Gasteiger partial charge on any atom is 0.243 e. The van der Waals surface area contributed by atoms with Gasteiger partial charge >= 0.3 is 0 Å². The minimum atomic E-state index is -0.298. The Bertz CT molecular complexity index is 763. The highest BCUT2D eigenvalue weighted by Crippen LogP contribution is 2.20. The SMILES string of the molecule is CC(C)c1nccn1C(C)C(=O)NCc1cccnc1N1CCN(C)CC1. The van der Waals surface area contributed by atoms with Crippen molar-refractivity contribution in [3.8, 4) is 0 Å². The average Bonchev–Trinajstić information content (AvgIpc) is 3.16. The molecule has 0 bridgehead atoms. The van der Waals surface area contributed by atoms with E-state index in [1.807, 2.05) is 36.0 Å². The molecule has 0 aromatic carbocycles. The van der Waals surface area contributed by atoms with E-state index >= 15 is 0 Å². The number of hydrogen-bond acceptors (Lipinski definition) is 5. The highest BCUT2D eigenvalue weighted by atomic mass is 16.2. The van der Waals surface area contributed by atoms with Crippen LogP contribution in [0.4, 0.5) is 5.82 Å². The van der Waals surface area contributed by atoms with Crippen molar-refractivity contribution < 1.29 is 4.79 Å². The molecule has 1 atom stereocenters. The number of carbonyl (C=O) groups excluding carboxylic acids is 1. The van der Waals surface area contributed by atoms with Crippen molar-refractivity contribution in [1.82, 2.24) is 24.8 Å². The van der Waals surface area contributed by atoms with Crippen LogP contribution in [0.15, 0.2) is 30.7 Å². The number of aromatic nitrogens is 3. The van der Waals surface area contributed by atoms with Gasteiger partial charge in [-0.15, -0.1) is 0 Å². The van der Waals surface area contributed by atoms with Crippen LogP contribution in [-0.2, 0) is 11.3 Å². The number of amides is 1. The zero-order valence-electron chi connectivity index (χ0n) is 16.7. The smallest absolute Gasteiger partial charge is 0.243 e. The first kappa shape index (κ1) is 19.4. The monoisotopic (exact) mass is 370 g/mol. The second-order valence-corrected chi connectivity index (χ2v) is 7.52. The number of hydrogen-bond donors (Lipinski definition) is 1. The molecule has 1 N–H and O–H groups in total. The van der Waals surface area contributed by atoms with E-state index in [1.165, 1.54) is 0 Å². The van der Waals surface area contributed by atoms with Crippen molar-refractivity contribution >= 4 is 11.7 Å². The van der Waals surface area contributed by atoms with Crippen molar-refractivity contribution in [3.63, 3.8) is 0 Å². The second kappa shape index (κ2) is 8.52. The first-order chi connectivity index (χ1) is 13.0. The number of likely N-dealkylation sites (N-methyl/N-ethyl adjacent to an activating group) is 1. The first-order valence-corrected chi connectivity index (χ1v) is 9.65. The third kappa shape index (κ3) is 4.47. The summed E-state index contributed by atoms with van der Waals surface area (Å²) in [6.07, 6.45) is 5.45. The fourth-order valence-corrected chi connectivity index (χ4v) is 3.43. The highest BCUT2D eigenvalue weighted by Gasteiger charge is 2.21. The lowest BCUT2D eigenvalue weighted by molar-refractivity contribution is -0.124. The maximum atomic E-state index is 12.7. The molecule has 1 amide bonds. The van der Waals surface area contributed by atoms with Gasteiger partial charge in [-0.1, -0.05) is 19.9 Å². The van der Waals surface area contributed by atoms with Gasteiger partial charge in [0, 0.05) is 62.8 Å². The van der Waals surface area contributed by atoms with Gasteiger partial charge in [0.15, 0.2) is 0 Å². The fourth-order valence-electron chi connectivity index (χ4n) is 3.43. The van der Waals surface area contributed by atoms with Crippen molar-refractivity contribution in [1.29, 1.82) is 0 Å². The molecular weight excluding hydrogens is 340 g/mol. The first-order valence-electron chi connectivity index (χ1n) is 9.65. The van der Waals surface area contributed by atoms with Crippen LogP contribution in [0.3, 0.4) is 0 Å². The van der Waals surface area contributed by atoms with Crippen LogP contribution >= 0.6 is 0 Å². The summed E-state index contributed by atoms with van der Waals surface area (Å²) in [6, 6.07) is 3.67. The summed E-state index contributed by atoms with van der Waals surface area (Å²) < 4.78 is 1.95. The van der Waals surface area contributed by atoms with Crippen molar-refractivity contribution in [2.75, 3.05) is 38.1 Å². The van der Waals surface area contributed by atoms with E-state index in [0.29, 0.717) is 6.54 Å². The molecule has 1 saturated heterocycles. The number of imidazole rings is 1. The zero-order valence-corrected chi connectivity index (χ0v) is 16.7. The molecule has 1 fully saturated rings. The van der Waals surface area contributed by atoms with Crippen LogP contribution in [0.25, 0.3) is 0 Å². The van der Waals surface area contributed by atoms with Gasteiger partial charge in [0.2, 0.25) is 5.91 Å². The lowest BCUT2D eigenvalue weighted by Crippen LogP contribution is -2.45. The molecule has 27 heavy (non-hydrogen) atoms. The Balaban J connectivity index is 1.66. The molecule has 7 heteroatoms. The summed E-state index contributed by atoms with van der Waals surface area (Å²) in [6.45, 7) is 10.5. The Labute approximate surface area is 161 Å². The van der Waals surface area contributed by atoms with Gasteiger partial charge < -0.3 is 19.7 Å². The van der Waals surface area contributed by atoms with Gasteiger partial charge in [0.05, 0.1) is 0 Å². The van der Waals surface area contributed by atoms with Crippen LogP contribution < -0.4 is 10.2 Å². The second-order valence-electron chi connectivity index (χ2n) is 7.52. The molecule has 0 radical (unpaired) electrons. The van der Waals surface area contributed by atoms with Crippen LogP contribution in [-0.4, -0.2) is 58.6 Å². The summed E-state index contributed by atoms with van der Waals surface area (Å²) in [4.78, 5) is 26.3. The predicted octanol–water partition coefficient (Wildman–Crippen LogP) is 2.03. The highest BCUT2D eigenvalue weighted by molar-refractivity contribution is 5.80. The largest absolute Gasteiger partial charge is 0.354 e. The van der Waals surface area contributed by atoms with Crippen LogP contribution in [0.2, 0.25) is 0 Å². The summed E-state index contributed by atoms with van der Waals surface area (Å²) in [5, 5.41) is 3.08. The molecule has 1 aliphatic rings. The average molecular weight is 371 g/mol. The molecule has 3 rings (SSSR count). The number of carbonyl (C=O) groups is 1. The van der Waals surface area contributed by atoms with E-state index in [2.05, 4.69) is 46.0 Å². The van der Waals surface area contributed by atoms with Gasteiger partial charge in [-0.2, -0.15) is 0 Å². The number of rotatable bonds is 6. The summed E-state index contributed by atoms with van der Waals surface area (Å²) in [5.41, 5.74) is 1.05. The minimum absolute atomic E-state index is 0.0110. The maximum absolute atomic E-state index is 12.7. The van der Waals surface area contributed by atoms with Crippen LogP contribution in [0.5, 0.6) is 0 Å². The number of anilines is 1. The van der Waals surface area contributed by atoms with Crippen molar-refractivity contribution in [2.24, 2.45) is 0 Å². The van der Waals surface area contributed by atoms with E-state index in [9.17, 15) is 4.79 Å². The molecule has 7 nitrogen and oxygen atoms in total. The fraction of sp³-hybridized carbons (Fsp3) is 0.550. The van der Waals surface area contributed by atoms with Gasteiger partial charge in [-0.3, -0.25) is 4.79 Å². The zero-order chi connectivity index (χ0) is 19.4. The minimum Gasteiger partial charge on any atom is -0.354 e. The Morgan fingerprint density at radius 2 is 1.89 bits per heavy atom. The Morgan fingerprint density at radius 3 is 2.59 bits per heavy atom. The number of piperazine rings is 1. The molecule has 1 aliphatic heterocycles. The van der Waals surface area contributed by atoms with Crippen molar-refractivity contribution in [3.05, 3.63) is 42.1 Å². The molecule has 0 spiro atoms. The number of nitrogens with zero attached hydrogens (tertiary/aromatic N) is 5. The molecule has 1 unspecified atom stereocenters. The molecule has 0 aliphatic carbocycles. The summed E-state index contributed by atoms with van der Waals surface area (Å²) >= 11 is 0. The van der Waals surface area contributed by atoms with Crippen LogP contribution in [0.1, 0.15) is 44.1 Å². The quantitative estimate of drug-likeness (QED) is 0.843. The van der Waals surface area contributed by atoms with Gasteiger partial charge in [-0.25, -0.2) is 9.97 Å². The molecule has 2 aromatic rings. The molecule has 0 saturated carbocycles. The standard InChI is InChI=1S/C20H30N6O/c1-15(2)18-22-8-9-26(18)16(3)20(27)23-14-17-6-5-7-21-19(17)25-12-10-24(4)11-13-25/h5-9,15-16H,10-14H2,1-4H3,(H,23,27). The van der Waals surface area contributed by atoms with Gasteiger partial charge in [0.1, 0.15) is 17.7 Å². The van der Waals surface area contributed by atoms with E-state index in [4.69, 9.17) is 0 Å². The summed E-state index contributed by atoms with van der Waals surface area (Å²) in [7, 11) is 2.14. The van der Waals surface area contributed by atoms with Crippen LogP contribution in [0, 0.1) is 0 Å².